The molecule has 1 aromatic carbocycles. The van der Waals surface area contributed by atoms with Crippen LogP contribution in [0.2, 0.25) is 5.02 Å². The molecule has 0 bridgehead atoms. The van der Waals surface area contributed by atoms with Crippen molar-refractivity contribution in [3.05, 3.63) is 41.7 Å². The zero-order valence-electron chi connectivity index (χ0n) is 16.9. The number of carbonyl (C=O) groups is 1. The Morgan fingerprint density at radius 1 is 1.13 bits per heavy atom. The second-order valence-electron chi connectivity index (χ2n) is 7.74. The molecule has 9 nitrogen and oxygen atoms in total. The number of sulfonamides is 1. The van der Waals surface area contributed by atoms with Crippen molar-refractivity contribution >= 4 is 27.5 Å². The third-order valence-electron chi connectivity index (χ3n) is 5.85. The van der Waals surface area contributed by atoms with Crippen LogP contribution in [0.1, 0.15) is 18.9 Å². The van der Waals surface area contributed by atoms with Crippen molar-refractivity contribution in [2.24, 2.45) is 0 Å². The monoisotopic (exact) mass is 470 g/mol. The minimum Gasteiger partial charge on any atom is -0.339 e. The van der Waals surface area contributed by atoms with Gasteiger partial charge in [0.15, 0.2) is 0 Å². The summed E-state index contributed by atoms with van der Waals surface area (Å²) in [6.07, 6.45) is 5.06. The Kier molecular flexibility index (Phi) is 6.56. The molecule has 0 radical (unpaired) electrons. The molecular weight excluding hydrogens is 447 g/mol. The minimum absolute atomic E-state index is 0.00100. The van der Waals surface area contributed by atoms with Crippen LogP contribution in [0.3, 0.4) is 0 Å². The van der Waals surface area contributed by atoms with Crippen molar-refractivity contribution in [3.63, 3.8) is 0 Å². The molecule has 0 N–H and O–H groups in total. The van der Waals surface area contributed by atoms with E-state index in [-0.39, 0.29) is 28.9 Å². The zero-order chi connectivity index (χ0) is 22.0. The first kappa shape index (κ1) is 22.1. The van der Waals surface area contributed by atoms with Crippen LogP contribution in [-0.4, -0.2) is 89.0 Å². The summed E-state index contributed by atoms with van der Waals surface area (Å²) in [5.74, 6) is -0.664. The summed E-state index contributed by atoms with van der Waals surface area (Å²) in [4.78, 5) is 20.5. The molecule has 0 spiro atoms. The van der Waals surface area contributed by atoms with Gasteiger partial charge in [0, 0.05) is 39.3 Å². The SMILES string of the molecule is O=C(CN1CCC(n2cncn2)CC1)N1CCN(S(=O)(=O)c2ccc(F)c(Cl)c2)CC1. The molecule has 4 rings (SSSR count). The maximum Gasteiger partial charge on any atom is 0.243 e. The number of likely N-dealkylation sites (tertiary alicyclic amines) is 1. The Bertz CT molecular complexity index is 1020. The average molecular weight is 471 g/mol. The molecule has 1 amide bonds. The molecule has 2 saturated heterocycles. The number of amides is 1. The first-order valence-corrected chi connectivity index (χ1v) is 12.0. The molecule has 168 valence electrons. The van der Waals surface area contributed by atoms with Crippen LogP contribution < -0.4 is 0 Å². The van der Waals surface area contributed by atoms with Gasteiger partial charge < -0.3 is 4.90 Å². The van der Waals surface area contributed by atoms with E-state index in [9.17, 15) is 17.6 Å². The molecule has 12 heteroatoms. The normalized spacial score (nSPS) is 19.6. The zero-order valence-corrected chi connectivity index (χ0v) is 18.5. The number of carbonyl (C=O) groups excluding carboxylic acids is 1. The number of benzene rings is 1. The summed E-state index contributed by atoms with van der Waals surface area (Å²) >= 11 is 5.73. The van der Waals surface area contributed by atoms with Gasteiger partial charge in [-0.15, -0.1) is 0 Å². The maximum atomic E-state index is 13.4. The molecule has 2 aliphatic rings. The highest BCUT2D eigenvalue weighted by Gasteiger charge is 2.31. The quantitative estimate of drug-likeness (QED) is 0.653. The third kappa shape index (κ3) is 4.89. The number of hydrogen-bond donors (Lipinski definition) is 0. The Morgan fingerprint density at radius 3 is 2.45 bits per heavy atom. The van der Waals surface area contributed by atoms with Crippen LogP contribution in [-0.2, 0) is 14.8 Å². The van der Waals surface area contributed by atoms with Gasteiger partial charge in [-0.05, 0) is 31.0 Å². The van der Waals surface area contributed by atoms with Crippen molar-refractivity contribution in [2.75, 3.05) is 45.8 Å². The van der Waals surface area contributed by atoms with E-state index in [1.54, 1.807) is 11.2 Å². The molecule has 1 aromatic heterocycles. The van der Waals surface area contributed by atoms with Crippen molar-refractivity contribution in [1.82, 2.24) is 28.9 Å². The molecule has 2 fully saturated rings. The third-order valence-corrected chi connectivity index (χ3v) is 8.03. The molecule has 0 saturated carbocycles. The van der Waals surface area contributed by atoms with E-state index < -0.39 is 15.8 Å². The lowest BCUT2D eigenvalue weighted by Crippen LogP contribution is -2.53. The number of piperazine rings is 1. The van der Waals surface area contributed by atoms with Gasteiger partial charge >= 0.3 is 0 Å². The van der Waals surface area contributed by atoms with Crippen LogP contribution >= 0.6 is 11.6 Å². The summed E-state index contributed by atoms with van der Waals surface area (Å²) in [5.41, 5.74) is 0. The largest absolute Gasteiger partial charge is 0.339 e. The Hall–Kier alpha value is -2.08. The fourth-order valence-corrected chi connectivity index (χ4v) is 5.70. The average Bonchev–Trinajstić information content (AvgIpc) is 3.31. The standard InChI is InChI=1S/C19H24ClFN6O3S/c20-17-11-16(1-2-18(17)21)31(29,30)26-9-7-25(8-10-26)19(28)12-24-5-3-15(4-6-24)27-14-22-13-23-27/h1-2,11,13-15H,3-10,12H2. The van der Waals surface area contributed by atoms with Gasteiger partial charge in [-0.3, -0.25) is 9.69 Å². The van der Waals surface area contributed by atoms with Gasteiger partial charge in [0.2, 0.25) is 15.9 Å². The maximum absolute atomic E-state index is 13.4. The van der Waals surface area contributed by atoms with Gasteiger partial charge in [0.05, 0.1) is 22.5 Å². The number of halogens is 2. The van der Waals surface area contributed by atoms with E-state index >= 15 is 0 Å². The summed E-state index contributed by atoms with van der Waals surface area (Å²) in [7, 11) is -3.78. The van der Waals surface area contributed by atoms with Crippen LogP contribution in [0.25, 0.3) is 0 Å². The molecule has 0 aliphatic carbocycles. The second-order valence-corrected chi connectivity index (χ2v) is 10.1. The van der Waals surface area contributed by atoms with Crippen LogP contribution in [0.4, 0.5) is 4.39 Å². The van der Waals surface area contributed by atoms with E-state index in [1.165, 1.54) is 16.7 Å². The van der Waals surface area contributed by atoms with E-state index in [4.69, 9.17) is 11.6 Å². The van der Waals surface area contributed by atoms with Crippen LogP contribution in [0.15, 0.2) is 35.7 Å². The Morgan fingerprint density at radius 2 is 1.84 bits per heavy atom. The van der Waals surface area contributed by atoms with Crippen LogP contribution in [0, 0.1) is 5.82 Å². The Labute approximate surface area is 185 Å². The fraction of sp³-hybridized carbons (Fsp3) is 0.526. The summed E-state index contributed by atoms with van der Waals surface area (Å²) in [5, 5.41) is 3.96. The lowest BCUT2D eigenvalue weighted by Gasteiger charge is -2.36. The van der Waals surface area contributed by atoms with E-state index in [0.29, 0.717) is 25.7 Å². The molecule has 31 heavy (non-hydrogen) atoms. The lowest BCUT2D eigenvalue weighted by atomic mass is 10.1. The van der Waals surface area contributed by atoms with Gasteiger partial charge in [-0.25, -0.2) is 22.5 Å². The summed E-state index contributed by atoms with van der Waals surface area (Å²) in [6.45, 7) is 2.95. The second kappa shape index (κ2) is 9.19. The Balaban J connectivity index is 1.27. The predicted octanol–water partition coefficient (Wildman–Crippen LogP) is 1.24. The van der Waals surface area contributed by atoms with Gasteiger partial charge in [0.1, 0.15) is 18.5 Å². The molecule has 2 aliphatic heterocycles. The van der Waals surface area contributed by atoms with Crippen LogP contribution in [0.5, 0.6) is 0 Å². The summed E-state index contributed by atoms with van der Waals surface area (Å²) < 4.78 is 42.1. The lowest BCUT2D eigenvalue weighted by molar-refractivity contribution is -0.133. The van der Waals surface area contributed by atoms with Gasteiger partial charge in [-0.2, -0.15) is 9.40 Å². The molecule has 0 unspecified atom stereocenters. The number of piperidine rings is 1. The number of nitrogens with zero attached hydrogens (tertiary/aromatic N) is 6. The predicted molar refractivity (Wildman–Crippen MR) is 111 cm³/mol. The summed E-state index contributed by atoms with van der Waals surface area (Å²) in [6, 6.07) is 3.67. The molecule has 0 atom stereocenters. The number of rotatable bonds is 5. The topological polar surface area (TPSA) is 91.6 Å². The van der Waals surface area contributed by atoms with Crippen molar-refractivity contribution < 1.29 is 17.6 Å². The van der Waals surface area contributed by atoms with E-state index in [0.717, 1.165) is 38.1 Å². The first-order valence-electron chi connectivity index (χ1n) is 10.1. The van der Waals surface area contributed by atoms with E-state index in [2.05, 4.69) is 15.0 Å². The van der Waals surface area contributed by atoms with Crippen molar-refractivity contribution in [3.8, 4) is 0 Å². The fourth-order valence-electron chi connectivity index (χ4n) is 4.00. The van der Waals surface area contributed by atoms with E-state index in [1.807, 2.05) is 4.68 Å². The smallest absolute Gasteiger partial charge is 0.243 e. The minimum atomic E-state index is -3.78. The molecule has 2 aromatic rings. The van der Waals surface area contributed by atoms with Crippen molar-refractivity contribution in [1.29, 1.82) is 0 Å². The van der Waals surface area contributed by atoms with Gasteiger partial charge in [-0.1, -0.05) is 11.6 Å². The molecule has 3 heterocycles. The highest BCUT2D eigenvalue weighted by atomic mass is 35.5. The molecular formula is C19H24ClFN6O3S. The number of aromatic nitrogens is 3. The highest BCUT2D eigenvalue weighted by Crippen LogP contribution is 2.24. The number of hydrogen-bond acceptors (Lipinski definition) is 6. The van der Waals surface area contributed by atoms with Crippen molar-refractivity contribution in [2.45, 2.75) is 23.8 Å². The van der Waals surface area contributed by atoms with Gasteiger partial charge in [0.25, 0.3) is 0 Å². The first-order chi connectivity index (χ1) is 14.8. The highest BCUT2D eigenvalue weighted by molar-refractivity contribution is 7.89.